The second-order valence-electron chi connectivity index (χ2n) is 1.41. The second-order valence-corrected chi connectivity index (χ2v) is 3.56. The zero-order valence-corrected chi connectivity index (χ0v) is 5.43. The van der Waals surface area contributed by atoms with Crippen LogP contribution in [0.15, 0.2) is 0 Å². The molecule has 0 N–H and O–H groups in total. The van der Waals surface area contributed by atoms with E-state index in [0.29, 0.717) is 0 Å². The fourth-order valence-corrected chi connectivity index (χ4v) is 0.826. The Morgan fingerprint density at radius 1 is 1.00 bits per heavy atom. The minimum absolute atomic E-state index is 0.263. The van der Waals surface area contributed by atoms with Gasteiger partial charge in [-0.25, -0.2) is 8.42 Å². The van der Waals surface area contributed by atoms with E-state index in [1.807, 2.05) is 0 Å². The molecule has 0 saturated carbocycles. The van der Waals surface area contributed by atoms with Gasteiger partial charge < -0.3 is 9.59 Å². The molecule has 52 valence electrons. The molecular weight excluding hydrogens is 144 g/mol. The summed E-state index contributed by atoms with van der Waals surface area (Å²) < 4.78 is 20.7. The standard InChI is InChI=1S/C4H6O4S/c5-1-3-9(7,8)4-2-6/h1-2H,3-4H2. The lowest BCUT2D eigenvalue weighted by Crippen LogP contribution is -2.12. The number of hydrogen-bond acceptors (Lipinski definition) is 4. The van der Waals surface area contributed by atoms with E-state index in [-0.39, 0.29) is 12.6 Å². The summed E-state index contributed by atoms with van der Waals surface area (Å²) in [5.74, 6) is -1.13. The Labute approximate surface area is 52.8 Å². The van der Waals surface area contributed by atoms with Crippen LogP contribution >= 0.6 is 0 Å². The van der Waals surface area contributed by atoms with Gasteiger partial charge in [-0.05, 0) is 0 Å². The summed E-state index contributed by atoms with van der Waals surface area (Å²) in [5, 5.41) is 0. The maximum absolute atomic E-state index is 10.4. The molecule has 0 rings (SSSR count). The minimum Gasteiger partial charge on any atom is -0.302 e. The van der Waals surface area contributed by atoms with Gasteiger partial charge in [0.1, 0.15) is 24.1 Å². The number of carbonyl (C=O) groups is 2. The molecule has 0 radical (unpaired) electrons. The first-order chi connectivity index (χ1) is 4.12. The Kier molecular flexibility index (Phi) is 3.08. The smallest absolute Gasteiger partial charge is 0.163 e. The number of aldehydes is 2. The quantitative estimate of drug-likeness (QED) is 0.472. The van der Waals surface area contributed by atoms with Crippen molar-refractivity contribution in [3.8, 4) is 0 Å². The Balaban J connectivity index is 4.03. The van der Waals surface area contributed by atoms with E-state index in [9.17, 15) is 18.0 Å². The van der Waals surface area contributed by atoms with Crippen LogP contribution < -0.4 is 0 Å². The zero-order valence-electron chi connectivity index (χ0n) is 4.61. The van der Waals surface area contributed by atoms with Gasteiger partial charge in [-0.1, -0.05) is 0 Å². The van der Waals surface area contributed by atoms with Gasteiger partial charge in [-0.3, -0.25) is 0 Å². The third kappa shape index (κ3) is 3.84. The van der Waals surface area contributed by atoms with E-state index in [0.717, 1.165) is 0 Å². The predicted molar refractivity (Wildman–Crippen MR) is 30.8 cm³/mol. The van der Waals surface area contributed by atoms with Crippen molar-refractivity contribution in [1.82, 2.24) is 0 Å². The third-order valence-corrected chi connectivity index (χ3v) is 1.93. The Morgan fingerprint density at radius 2 is 1.33 bits per heavy atom. The molecular formula is C4H6O4S. The highest BCUT2D eigenvalue weighted by atomic mass is 32.2. The minimum atomic E-state index is -3.42. The molecule has 0 spiro atoms. The summed E-state index contributed by atoms with van der Waals surface area (Å²) in [5.41, 5.74) is 0. The van der Waals surface area contributed by atoms with Crippen LogP contribution in [0.1, 0.15) is 0 Å². The molecule has 0 aromatic carbocycles. The molecule has 9 heavy (non-hydrogen) atoms. The molecule has 4 nitrogen and oxygen atoms in total. The van der Waals surface area contributed by atoms with Crippen molar-refractivity contribution >= 4 is 22.4 Å². The molecule has 0 aliphatic heterocycles. The zero-order chi connectivity index (χ0) is 7.33. The van der Waals surface area contributed by atoms with Crippen LogP contribution in [0.4, 0.5) is 0 Å². The lowest BCUT2D eigenvalue weighted by molar-refractivity contribution is -0.106. The van der Waals surface area contributed by atoms with Crippen molar-refractivity contribution in [3.05, 3.63) is 0 Å². The molecule has 0 amide bonds. The van der Waals surface area contributed by atoms with Gasteiger partial charge in [-0.15, -0.1) is 0 Å². The number of carbonyl (C=O) groups excluding carboxylic acids is 2. The normalized spacial score (nSPS) is 10.7. The highest BCUT2D eigenvalue weighted by Gasteiger charge is 2.06. The molecule has 0 aromatic rings. The first kappa shape index (κ1) is 8.29. The van der Waals surface area contributed by atoms with Gasteiger partial charge >= 0.3 is 0 Å². The van der Waals surface area contributed by atoms with E-state index in [2.05, 4.69) is 0 Å². The van der Waals surface area contributed by atoms with Crippen molar-refractivity contribution in [2.75, 3.05) is 11.5 Å². The molecule has 0 atom stereocenters. The van der Waals surface area contributed by atoms with Gasteiger partial charge in [0.25, 0.3) is 0 Å². The van der Waals surface area contributed by atoms with Crippen molar-refractivity contribution < 1.29 is 18.0 Å². The largest absolute Gasteiger partial charge is 0.302 e. The number of sulfone groups is 1. The van der Waals surface area contributed by atoms with Crippen LogP contribution in [0, 0.1) is 0 Å². The van der Waals surface area contributed by atoms with Gasteiger partial charge in [0.15, 0.2) is 9.84 Å². The summed E-state index contributed by atoms with van der Waals surface area (Å²) in [6.45, 7) is 0. The Bertz CT molecular complexity index is 175. The van der Waals surface area contributed by atoms with Gasteiger partial charge in [0.2, 0.25) is 0 Å². The maximum Gasteiger partial charge on any atom is 0.163 e. The van der Waals surface area contributed by atoms with Crippen LogP contribution in [0.5, 0.6) is 0 Å². The molecule has 0 aliphatic carbocycles. The van der Waals surface area contributed by atoms with Crippen LogP contribution in [0.3, 0.4) is 0 Å². The van der Waals surface area contributed by atoms with E-state index < -0.39 is 21.3 Å². The van der Waals surface area contributed by atoms with Crippen LogP contribution in [0.25, 0.3) is 0 Å². The highest BCUT2D eigenvalue weighted by molar-refractivity contribution is 7.92. The van der Waals surface area contributed by atoms with E-state index >= 15 is 0 Å². The molecule has 0 unspecified atom stereocenters. The van der Waals surface area contributed by atoms with Gasteiger partial charge in [0.05, 0.1) is 0 Å². The lowest BCUT2D eigenvalue weighted by atomic mass is 10.9. The topological polar surface area (TPSA) is 68.3 Å². The Morgan fingerprint density at radius 3 is 1.56 bits per heavy atom. The average Bonchev–Trinajstić information content (AvgIpc) is 1.64. The molecule has 0 bridgehead atoms. The summed E-state index contributed by atoms with van der Waals surface area (Å²) in [6, 6.07) is 0. The Hall–Kier alpha value is -0.710. The average molecular weight is 150 g/mol. The van der Waals surface area contributed by atoms with E-state index in [4.69, 9.17) is 0 Å². The molecule has 5 heteroatoms. The fourth-order valence-electron chi connectivity index (χ4n) is 0.275. The van der Waals surface area contributed by atoms with E-state index in [1.165, 1.54) is 0 Å². The monoisotopic (exact) mass is 150 g/mol. The first-order valence-electron chi connectivity index (χ1n) is 2.20. The SMILES string of the molecule is O=CCS(=O)(=O)CC=O. The number of hydrogen-bond donors (Lipinski definition) is 0. The molecule has 0 fully saturated rings. The highest BCUT2D eigenvalue weighted by Crippen LogP contribution is 1.82. The third-order valence-electron chi connectivity index (χ3n) is 0.644. The van der Waals surface area contributed by atoms with Crippen LogP contribution in [-0.4, -0.2) is 32.5 Å². The van der Waals surface area contributed by atoms with Crippen LogP contribution in [-0.2, 0) is 19.4 Å². The summed E-state index contributed by atoms with van der Waals surface area (Å²) in [4.78, 5) is 19.2. The summed E-state index contributed by atoms with van der Waals surface area (Å²) in [6.07, 6.45) is 0.525. The van der Waals surface area contributed by atoms with Gasteiger partial charge in [-0.2, -0.15) is 0 Å². The fraction of sp³-hybridized carbons (Fsp3) is 0.500. The van der Waals surface area contributed by atoms with Crippen molar-refractivity contribution in [1.29, 1.82) is 0 Å². The molecule has 0 aliphatic rings. The maximum atomic E-state index is 10.4. The van der Waals surface area contributed by atoms with E-state index in [1.54, 1.807) is 0 Å². The summed E-state index contributed by atoms with van der Waals surface area (Å²) >= 11 is 0. The molecule has 0 heterocycles. The summed E-state index contributed by atoms with van der Waals surface area (Å²) in [7, 11) is -3.42. The molecule has 0 aromatic heterocycles. The van der Waals surface area contributed by atoms with Gasteiger partial charge in [0, 0.05) is 0 Å². The van der Waals surface area contributed by atoms with Crippen LogP contribution in [0.2, 0.25) is 0 Å². The lowest BCUT2D eigenvalue weighted by Gasteiger charge is -1.88. The molecule has 0 saturated heterocycles. The van der Waals surface area contributed by atoms with Crippen molar-refractivity contribution in [2.45, 2.75) is 0 Å². The number of rotatable bonds is 4. The first-order valence-corrected chi connectivity index (χ1v) is 4.02. The van der Waals surface area contributed by atoms with Crippen molar-refractivity contribution in [2.24, 2.45) is 0 Å². The second kappa shape index (κ2) is 3.34. The van der Waals surface area contributed by atoms with Crippen molar-refractivity contribution in [3.63, 3.8) is 0 Å². The predicted octanol–water partition coefficient (Wildman–Crippen LogP) is -1.20.